The molecule has 0 fully saturated rings. The summed E-state index contributed by atoms with van der Waals surface area (Å²) in [5.74, 6) is -0.328. The molecule has 0 bridgehead atoms. The molecule has 0 heterocycles. The molecule has 0 aliphatic rings. The zero-order valence-corrected chi connectivity index (χ0v) is 27.9. The molecule has 46 heavy (non-hydrogen) atoms. The summed E-state index contributed by atoms with van der Waals surface area (Å²) in [4.78, 5) is 30.0. The smallest absolute Gasteiger partial charge is 0.264 e. The van der Waals surface area contributed by atoms with Gasteiger partial charge in [0.05, 0.1) is 17.2 Å². The minimum Gasteiger partial charge on any atom is -0.494 e. The van der Waals surface area contributed by atoms with Gasteiger partial charge in [0.2, 0.25) is 11.8 Å². The Morgan fingerprint density at radius 2 is 1.46 bits per heavy atom. The van der Waals surface area contributed by atoms with Crippen molar-refractivity contribution in [2.24, 2.45) is 0 Å². The average molecular weight is 662 g/mol. The highest BCUT2D eigenvalue weighted by molar-refractivity contribution is 7.92. The number of halogens is 1. The molecule has 0 aliphatic heterocycles. The Bertz CT molecular complexity index is 1690. The number of nitrogens with zero attached hydrogens (tertiary/aromatic N) is 2. The lowest BCUT2D eigenvalue weighted by atomic mass is 10.0. The Labute approximate surface area is 277 Å². The third kappa shape index (κ3) is 8.89. The van der Waals surface area contributed by atoms with Crippen molar-refractivity contribution in [3.05, 3.63) is 125 Å². The van der Waals surface area contributed by atoms with Crippen LogP contribution in [0, 0.1) is 0 Å². The summed E-state index contributed by atoms with van der Waals surface area (Å²) in [6.07, 6.45) is 0.914. The molecule has 0 saturated heterocycles. The topological polar surface area (TPSA) is 96.0 Å². The molecule has 0 aliphatic carbocycles. The zero-order chi connectivity index (χ0) is 33.1. The molecule has 2 atom stereocenters. The number of amides is 2. The molecule has 2 amide bonds. The van der Waals surface area contributed by atoms with E-state index in [0.717, 1.165) is 9.87 Å². The van der Waals surface area contributed by atoms with E-state index in [4.69, 9.17) is 16.3 Å². The Kier molecular flexibility index (Phi) is 12.2. The lowest BCUT2D eigenvalue weighted by molar-refractivity contribution is -0.140. The van der Waals surface area contributed by atoms with E-state index in [1.807, 2.05) is 51.1 Å². The monoisotopic (exact) mass is 661 g/mol. The van der Waals surface area contributed by atoms with Crippen LogP contribution in [0.1, 0.15) is 38.3 Å². The standard InChI is InChI=1S/C36H40ClN3O5S/c1-4-27(3)38-36(42)34(24-28-14-8-6-9-15-28)39(25-29-16-12-13-19-33(29)37)35(41)26-40(30-20-22-31(23-21-30)45-5-2)46(43,44)32-17-10-7-11-18-32/h6-23,27,34H,4-5,24-26H2,1-3H3,(H,38,42)/t27-,34+/m0/s1. The van der Waals surface area contributed by atoms with Crippen molar-refractivity contribution < 1.29 is 22.7 Å². The van der Waals surface area contributed by atoms with Crippen LogP contribution in [0.4, 0.5) is 5.69 Å². The fourth-order valence-electron chi connectivity index (χ4n) is 4.93. The van der Waals surface area contributed by atoms with Crippen molar-refractivity contribution in [1.82, 2.24) is 10.2 Å². The molecule has 10 heteroatoms. The molecule has 4 rings (SSSR count). The largest absolute Gasteiger partial charge is 0.494 e. The van der Waals surface area contributed by atoms with E-state index in [-0.39, 0.29) is 35.5 Å². The molecule has 242 valence electrons. The number of hydrogen-bond acceptors (Lipinski definition) is 5. The molecule has 0 aromatic heterocycles. The summed E-state index contributed by atoms with van der Waals surface area (Å²) in [5, 5.41) is 3.47. The second kappa shape index (κ2) is 16.3. The summed E-state index contributed by atoms with van der Waals surface area (Å²) < 4.78 is 34.9. The number of hydrogen-bond donors (Lipinski definition) is 1. The van der Waals surface area contributed by atoms with Crippen molar-refractivity contribution in [3.63, 3.8) is 0 Å². The molecular formula is C36H40ClN3O5S. The summed E-state index contributed by atoms with van der Waals surface area (Å²) in [6, 6.07) is 29.9. The average Bonchev–Trinajstić information content (AvgIpc) is 3.07. The first-order valence-corrected chi connectivity index (χ1v) is 17.1. The molecule has 1 N–H and O–H groups in total. The lowest BCUT2D eigenvalue weighted by Gasteiger charge is -2.34. The van der Waals surface area contributed by atoms with Crippen LogP contribution in [0.5, 0.6) is 5.75 Å². The first-order valence-electron chi connectivity index (χ1n) is 15.3. The second-order valence-electron chi connectivity index (χ2n) is 10.9. The Hall–Kier alpha value is -4.34. The number of carbonyl (C=O) groups excluding carboxylic acids is 2. The highest BCUT2D eigenvalue weighted by atomic mass is 35.5. The SMILES string of the molecule is CCOc1ccc(N(CC(=O)N(Cc2ccccc2Cl)[C@H](Cc2ccccc2)C(=O)N[C@@H](C)CC)S(=O)(=O)c2ccccc2)cc1. The molecule has 4 aromatic carbocycles. The molecule has 0 radical (unpaired) electrons. The first-order chi connectivity index (χ1) is 22.1. The van der Waals surface area contributed by atoms with Gasteiger partial charge in [-0.3, -0.25) is 13.9 Å². The summed E-state index contributed by atoms with van der Waals surface area (Å²) in [5.41, 5.74) is 1.76. The lowest BCUT2D eigenvalue weighted by Crippen LogP contribution is -2.54. The van der Waals surface area contributed by atoms with Gasteiger partial charge in [-0.15, -0.1) is 0 Å². The van der Waals surface area contributed by atoms with Gasteiger partial charge in [0, 0.05) is 24.0 Å². The van der Waals surface area contributed by atoms with Gasteiger partial charge in [-0.1, -0.05) is 85.3 Å². The van der Waals surface area contributed by atoms with Crippen LogP contribution < -0.4 is 14.4 Å². The predicted octanol–water partition coefficient (Wildman–Crippen LogP) is 6.49. The Morgan fingerprint density at radius 3 is 2.07 bits per heavy atom. The Balaban J connectivity index is 1.81. The van der Waals surface area contributed by atoms with E-state index in [2.05, 4.69) is 5.32 Å². The third-order valence-corrected chi connectivity index (χ3v) is 9.77. The van der Waals surface area contributed by atoms with Crippen molar-refractivity contribution in [1.29, 1.82) is 0 Å². The van der Waals surface area contributed by atoms with Crippen LogP contribution in [0.15, 0.2) is 114 Å². The molecular weight excluding hydrogens is 622 g/mol. The van der Waals surface area contributed by atoms with Crippen molar-refractivity contribution in [3.8, 4) is 5.75 Å². The second-order valence-corrected chi connectivity index (χ2v) is 13.2. The van der Waals surface area contributed by atoms with E-state index in [9.17, 15) is 18.0 Å². The van der Waals surface area contributed by atoms with Crippen LogP contribution in [0.2, 0.25) is 5.02 Å². The minimum atomic E-state index is -4.20. The number of ether oxygens (including phenoxy) is 1. The summed E-state index contributed by atoms with van der Waals surface area (Å²) in [6.45, 7) is 5.60. The molecule has 0 saturated carbocycles. The van der Waals surface area contributed by atoms with Crippen LogP contribution in [-0.2, 0) is 32.6 Å². The van der Waals surface area contributed by atoms with Crippen LogP contribution in [0.25, 0.3) is 0 Å². The molecule has 0 unspecified atom stereocenters. The number of nitrogens with one attached hydrogen (secondary N) is 1. The number of benzene rings is 4. The molecule has 8 nitrogen and oxygen atoms in total. The maximum atomic E-state index is 14.6. The fourth-order valence-corrected chi connectivity index (χ4v) is 6.56. The van der Waals surface area contributed by atoms with Gasteiger partial charge in [0.15, 0.2) is 0 Å². The van der Waals surface area contributed by atoms with E-state index in [1.165, 1.54) is 17.0 Å². The van der Waals surface area contributed by atoms with Gasteiger partial charge >= 0.3 is 0 Å². The van der Waals surface area contributed by atoms with E-state index in [0.29, 0.717) is 29.4 Å². The van der Waals surface area contributed by atoms with Gasteiger partial charge in [-0.05, 0) is 73.9 Å². The van der Waals surface area contributed by atoms with Gasteiger partial charge < -0.3 is 15.0 Å². The predicted molar refractivity (Wildman–Crippen MR) is 182 cm³/mol. The van der Waals surface area contributed by atoms with E-state index in [1.54, 1.807) is 66.7 Å². The number of anilines is 1. The first kappa shape index (κ1) is 34.5. The number of rotatable bonds is 15. The number of carbonyl (C=O) groups is 2. The van der Waals surface area contributed by atoms with Gasteiger partial charge in [0.25, 0.3) is 10.0 Å². The highest BCUT2D eigenvalue weighted by Gasteiger charge is 2.35. The van der Waals surface area contributed by atoms with Gasteiger partial charge in [-0.2, -0.15) is 0 Å². The van der Waals surface area contributed by atoms with Crippen LogP contribution in [-0.4, -0.2) is 50.4 Å². The zero-order valence-electron chi connectivity index (χ0n) is 26.3. The van der Waals surface area contributed by atoms with Crippen molar-refractivity contribution >= 4 is 39.1 Å². The van der Waals surface area contributed by atoms with Crippen molar-refractivity contribution in [2.75, 3.05) is 17.5 Å². The van der Waals surface area contributed by atoms with Gasteiger partial charge in [0.1, 0.15) is 18.3 Å². The summed E-state index contributed by atoms with van der Waals surface area (Å²) >= 11 is 6.56. The maximum Gasteiger partial charge on any atom is 0.264 e. The maximum absolute atomic E-state index is 14.6. The fraction of sp³-hybridized carbons (Fsp3) is 0.278. The molecule has 4 aromatic rings. The Morgan fingerprint density at radius 1 is 0.848 bits per heavy atom. The van der Waals surface area contributed by atoms with Crippen LogP contribution >= 0.6 is 11.6 Å². The normalized spacial score (nSPS) is 12.5. The molecule has 0 spiro atoms. The third-order valence-electron chi connectivity index (χ3n) is 7.62. The quantitative estimate of drug-likeness (QED) is 0.157. The summed E-state index contributed by atoms with van der Waals surface area (Å²) in [7, 11) is -4.20. The van der Waals surface area contributed by atoms with Gasteiger partial charge in [-0.25, -0.2) is 8.42 Å². The highest BCUT2D eigenvalue weighted by Crippen LogP contribution is 2.27. The van der Waals surface area contributed by atoms with E-state index >= 15 is 0 Å². The van der Waals surface area contributed by atoms with Crippen molar-refractivity contribution in [2.45, 2.75) is 57.1 Å². The van der Waals surface area contributed by atoms with Crippen LogP contribution in [0.3, 0.4) is 0 Å². The number of sulfonamides is 1. The minimum absolute atomic E-state index is 0.00750. The van der Waals surface area contributed by atoms with E-state index < -0.39 is 28.5 Å².